The average molecular weight is 313 g/mol. The van der Waals surface area contributed by atoms with E-state index in [4.69, 9.17) is 0 Å². The normalized spacial score (nSPS) is 22.2. The van der Waals surface area contributed by atoms with E-state index in [1.165, 1.54) is 0 Å². The minimum absolute atomic E-state index is 0. The van der Waals surface area contributed by atoms with Crippen LogP contribution in [0.1, 0.15) is 16.8 Å². The van der Waals surface area contributed by atoms with Crippen LogP contribution in [0.3, 0.4) is 0 Å². The van der Waals surface area contributed by atoms with E-state index in [2.05, 4.69) is 10.6 Å². The Kier molecular flexibility index (Phi) is 4.99. The monoisotopic (exact) mass is 312 g/mol. The number of benzene rings is 1. The standard InChI is InChI=1S/C14H16N2O2S.ClH/c17-12-5-6-15-7-11(12)16-14(18)10-8-19-13-4-2-1-3-9(10)13;/h1-4,8,11-12,15,17H,5-7H2,(H,16,18);1H/t11-,12+;/m0./s1. The molecule has 1 aliphatic rings. The third kappa shape index (κ3) is 2.96. The topological polar surface area (TPSA) is 61.4 Å². The zero-order chi connectivity index (χ0) is 13.2. The van der Waals surface area contributed by atoms with Gasteiger partial charge in [0.15, 0.2) is 0 Å². The minimum atomic E-state index is -0.463. The van der Waals surface area contributed by atoms with Crippen molar-refractivity contribution >= 4 is 39.7 Å². The number of aliphatic hydroxyl groups is 1. The molecule has 0 saturated carbocycles. The van der Waals surface area contributed by atoms with Gasteiger partial charge in [-0.25, -0.2) is 0 Å². The molecule has 0 radical (unpaired) electrons. The van der Waals surface area contributed by atoms with Crippen molar-refractivity contribution in [2.24, 2.45) is 0 Å². The predicted molar refractivity (Wildman–Crippen MR) is 83.8 cm³/mol. The number of halogens is 1. The second kappa shape index (κ2) is 6.54. The van der Waals surface area contributed by atoms with E-state index in [1.807, 2.05) is 29.6 Å². The first-order valence-electron chi connectivity index (χ1n) is 6.41. The van der Waals surface area contributed by atoms with Crippen LogP contribution in [0, 0.1) is 0 Å². The van der Waals surface area contributed by atoms with E-state index < -0.39 is 6.10 Å². The number of rotatable bonds is 2. The molecule has 3 rings (SSSR count). The first-order valence-corrected chi connectivity index (χ1v) is 7.29. The van der Waals surface area contributed by atoms with E-state index >= 15 is 0 Å². The summed E-state index contributed by atoms with van der Waals surface area (Å²) in [5, 5.41) is 18.8. The fraction of sp³-hybridized carbons (Fsp3) is 0.357. The van der Waals surface area contributed by atoms with Gasteiger partial charge < -0.3 is 15.7 Å². The lowest BCUT2D eigenvalue weighted by molar-refractivity contribution is 0.0756. The summed E-state index contributed by atoms with van der Waals surface area (Å²) < 4.78 is 1.11. The molecule has 1 aromatic heterocycles. The number of thiophene rings is 1. The number of amides is 1. The Hall–Kier alpha value is -1.14. The van der Waals surface area contributed by atoms with Crippen molar-refractivity contribution in [1.29, 1.82) is 0 Å². The quantitative estimate of drug-likeness (QED) is 0.792. The second-order valence-electron chi connectivity index (χ2n) is 4.79. The summed E-state index contributed by atoms with van der Waals surface area (Å²) in [6, 6.07) is 7.65. The molecule has 2 aromatic rings. The van der Waals surface area contributed by atoms with Gasteiger partial charge in [0, 0.05) is 22.0 Å². The van der Waals surface area contributed by atoms with Crippen molar-refractivity contribution in [3.05, 3.63) is 35.2 Å². The maximum Gasteiger partial charge on any atom is 0.253 e. The zero-order valence-corrected chi connectivity index (χ0v) is 12.5. The molecule has 1 saturated heterocycles. The van der Waals surface area contributed by atoms with Crippen molar-refractivity contribution in [3.8, 4) is 0 Å². The maximum atomic E-state index is 12.3. The molecular formula is C14H17ClN2O2S. The van der Waals surface area contributed by atoms with E-state index in [9.17, 15) is 9.90 Å². The summed E-state index contributed by atoms with van der Waals surface area (Å²) in [4.78, 5) is 12.3. The molecule has 20 heavy (non-hydrogen) atoms. The van der Waals surface area contributed by atoms with Crippen LogP contribution in [-0.4, -0.2) is 36.2 Å². The van der Waals surface area contributed by atoms with Crippen LogP contribution >= 0.6 is 23.7 Å². The molecule has 4 nitrogen and oxygen atoms in total. The molecule has 3 N–H and O–H groups in total. The molecule has 0 unspecified atom stereocenters. The molecule has 2 atom stereocenters. The number of carbonyl (C=O) groups excluding carboxylic acids is 1. The van der Waals surface area contributed by atoms with Gasteiger partial charge >= 0.3 is 0 Å². The van der Waals surface area contributed by atoms with Gasteiger partial charge in [0.1, 0.15) is 0 Å². The molecule has 0 bridgehead atoms. The van der Waals surface area contributed by atoms with Gasteiger partial charge in [-0.2, -0.15) is 0 Å². The highest BCUT2D eigenvalue weighted by atomic mass is 35.5. The molecule has 0 aliphatic carbocycles. The third-order valence-corrected chi connectivity index (χ3v) is 4.45. The van der Waals surface area contributed by atoms with Crippen LogP contribution in [0.2, 0.25) is 0 Å². The molecular weight excluding hydrogens is 296 g/mol. The molecule has 1 amide bonds. The Balaban J connectivity index is 0.00000147. The molecule has 1 aromatic carbocycles. The Morgan fingerprint density at radius 3 is 3.00 bits per heavy atom. The van der Waals surface area contributed by atoms with Crippen LogP contribution in [-0.2, 0) is 0 Å². The molecule has 1 aliphatic heterocycles. The van der Waals surface area contributed by atoms with E-state index in [0.717, 1.165) is 16.6 Å². The fourth-order valence-electron chi connectivity index (χ4n) is 2.39. The number of piperidine rings is 1. The zero-order valence-electron chi connectivity index (χ0n) is 10.8. The third-order valence-electron chi connectivity index (χ3n) is 3.49. The van der Waals surface area contributed by atoms with Gasteiger partial charge in [-0.3, -0.25) is 4.79 Å². The highest BCUT2D eigenvalue weighted by molar-refractivity contribution is 7.17. The highest BCUT2D eigenvalue weighted by Gasteiger charge is 2.25. The number of aliphatic hydroxyl groups excluding tert-OH is 1. The summed E-state index contributed by atoms with van der Waals surface area (Å²) in [5.74, 6) is -0.106. The van der Waals surface area contributed by atoms with Crippen molar-refractivity contribution in [3.63, 3.8) is 0 Å². The average Bonchev–Trinajstić information content (AvgIpc) is 2.85. The largest absolute Gasteiger partial charge is 0.391 e. The number of hydrogen-bond acceptors (Lipinski definition) is 4. The smallest absolute Gasteiger partial charge is 0.253 e. The first kappa shape index (κ1) is 15.3. The number of nitrogens with one attached hydrogen (secondary N) is 2. The molecule has 6 heteroatoms. The van der Waals surface area contributed by atoms with Gasteiger partial charge in [0.05, 0.1) is 17.7 Å². The van der Waals surface area contributed by atoms with Crippen LogP contribution in [0.15, 0.2) is 29.6 Å². The number of carbonyl (C=O) groups is 1. The summed E-state index contributed by atoms with van der Waals surface area (Å²) >= 11 is 1.57. The van der Waals surface area contributed by atoms with Crippen LogP contribution in [0.25, 0.3) is 10.1 Å². The Bertz CT molecular complexity index is 602. The SMILES string of the molecule is Cl.O=C(N[C@H]1CNCC[C@H]1O)c1csc2ccccc12. The van der Waals surface area contributed by atoms with Gasteiger partial charge in [-0.1, -0.05) is 18.2 Å². The molecule has 1 fully saturated rings. The van der Waals surface area contributed by atoms with Crippen molar-refractivity contribution < 1.29 is 9.90 Å². The maximum absolute atomic E-state index is 12.3. The summed E-state index contributed by atoms with van der Waals surface area (Å²) in [6.45, 7) is 1.42. The predicted octanol–water partition coefficient (Wildman–Crippen LogP) is 1.78. The lowest BCUT2D eigenvalue weighted by atomic mass is 10.0. The number of fused-ring (bicyclic) bond motifs is 1. The molecule has 2 heterocycles. The van der Waals surface area contributed by atoms with Crippen LogP contribution in [0.5, 0.6) is 0 Å². The van der Waals surface area contributed by atoms with Gasteiger partial charge in [0.2, 0.25) is 0 Å². The second-order valence-corrected chi connectivity index (χ2v) is 5.70. The van der Waals surface area contributed by atoms with E-state index in [-0.39, 0.29) is 24.4 Å². The van der Waals surface area contributed by atoms with E-state index in [1.54, 1.807) is 11.3 Å². The lowest BCUT2D eigenvalue weighted by Gasteiger charge is -2.29. The number of hydrogen-bond donors (Lipinski definition) is 3. The van der Waals surface area contributed by atoms with Gasteiger partial charge in [-0.15, -0.1) is 23.7 Å². The van der Waals surface area contributed by atoms with Crippen molar-refractivity contribution in [2.45, 2.75) is 18.6 Å². The van der Waals surface area contributed by atoms with Gasteiger partial charge in [0.25, 0.3) is 5.91 Å². The summed E-state index contributed by atoms with van der Waals surface area (Å²) in [5.41, 5.74) is 0.693. The Morgan fingerprint density at radius 2 is 2.20 bits per heavy atom. The first-order chi connectivity index (χ1) is 9.25. The van der Waals surface area contributed by atoms with Crippen molar-refractivity contribution in [1.82, 2.24) is 10.6 Å². The molecule has 0 spiro atoms. The van der Waals surface area contributed by atoms with Crippen molar-refractivity contribution in [2.75, 3.05) is 13.1 Å². The molecule has 108 valence electrons. The highest BCUT2D eigenvalue weighted by Crippen LogP contribution is 2.25. The summed E-state index contributed by atoms with van der Waals surface area (Å²) in [6.07, 6.45) is 0.213. The minimum Gasteiger partial charge on any atom is -0.391 e. The van der Waals surface area contributed by atoms with Crippen LogP contribution in [0.4, 0.5) is 0 Å². The Morgan fingerprint density at radius 1 is 1.40 bits per heavy atom. The fourth-order valence-corrected chi connectivity index (χ4v) is 3.33. The summed E-state index contributed by atoms with van der Waals surface area (Å²) in [7, 11) is 0. The van der Waals surface area contributed by atoms with Gasteiger partial charge in [-0.05, 0) is 19.0 Å². The van der Waals surface area contributed by atoms with Crippen LogP contribution < -0.4 is 10.6 Å². The van der Waals surface area contributed by atoms with E-state index in [0.29, 0.717) is 18.5 Å². The lowest BCUT2D eigenvalue weighted by Crippen LogP contribution is -2.53. The Labute approximate surface area is 127 Å².